The molecule has 0 saturated carbocycles. The van der Waals surface area contributed by atoms with Gasteiger partial charge in [-0.25, -0.2) is 4.85 Å². The Morgan fingerprint density at radius 2 is 1.93 bits per heavy atom. The van der Waals surface area contributed by atoms with Crippen molar-refractivity contribution in [2.24, 2.45) is 0 Å². The lowest BCUT2D eigenvalue weighted by Gasteiger charge is -2.22. The zero-order chi connectivity index (χ0) is 10.8. The highest BCUT2D eigenvalue weighted by Crippen LogP contribution is 2.29. The molecule has 0 atom stereocenters. The molecular weight excluding hydrogens is 170 g/mol. The Morgan fingerprint density at radius 1 is 1.29 bits per heavy atom. The van der Waals surface area contributed by atoms with E-state index in [2.05, 4.69) is 38.6 Å². The van der Waals surface area contributed by atoms with Gasteiger partial charge in [-0.3, -0.25) is 0 Å². The van der Waals surface area contributed by atoms with Gasteiger partial charge in [0, 0.05) is 0 Å². The standard InChI is InChI=1S/C13H17N/c1-6-10-9-11(14-5)7-8-12(10)13(2,3)4/h7-9H,6H2,1-4H3. The molecule has 1 nitrogen and oxygen atoms in total. The highest BCUT2D eigenvalue weighted by molar-refractivity contribution is 5.51. The van der Waals surface area contributed by atoms with E-state index in [-0.39, 0.29) is 5.41 Å². The smallest absolute Gasteiger partial charge is 0.187 e. The normalized spacial score (nSPS) is 11.1. The first kappa shape index (κ1) is 10.8. The van der Waals surface area contributed by atoms with Crippen LogP contribution in [0.15, 0.2) is 18.2 Å². The van der Waals surface area contributed by atoms with Crippen LogP contribution in [0, 0.1) is 6.57 Å². The maximum Gasteiger partial charge on any atom is 0.187 e. The van der Waals surface area contributed by atoms with E-state index in [1.165, 1.54) is 11.1 Å². The molecule has 1 aromatic carbocycles. The molecule has 1 aromatic rings. The minimum atomic E-state index is 0.173. The molecular formula is C13H17N. The van der Waals surface area contributed by atoms with Crippen LogP contribution in [0.2, 0.25) is 0 Å². The summed E-state index contributed by atoms with van der Waals surface area (Å²) in [6.45, 7) is 15.7. The van der Waals surface area contributed by atoms with Crippen molar-refractivity contribution < 1.29 is 0 Å². The molecule has 0 spiro atoms. The van der Waals surface area contributed by atoms with Crippen molar-refractivity contribution in [3.63, 3.8) is 0 Å². The third-order valence-electron chi connectivity index (χ3n) is 2.41. The first-order chi connectivity index (χ1) is 6.49. The van der Waals surface area contributed by atoms with Crippen molar-refractivity contribution in [1.82, 2.24) is 0 Å². The van der Waals surface area contributed by atoms with Crippen molar-refractivity contribution in [3.8, 4) is 0 Å². The van der Waals surface area contributed by atoms with Gasteiger partial charge in [0.25, 0.3) is 0 Å². The van der Waals surface area contributed by atoms with Gasteiger partial charge in [0.2, 0.25) is 0 Å². The van der Waals surface area contributed by atoms with E-state index in [1.54, 1.807) is 0 Å². The van der Waals surface area contributed by atoms with Gasteiger partial charge in [0.1, 0.15) is 0 Å². The summed E-state index contributed by atoms with van der Waals surface area (Å²) in [5.41, 5.74) is 3.57. The summed E-state index contributed by atoms with van der Waals surface area (Å²) in [5.74, 6) is 0. The van der Waals surface area contributed by atoms with Crippen molar-refractivity contribution in [1.29, 1.82) is 0 Å². The molecule has 0 bridgehead atoms. The third-order valence-corrected chi connectivity index (χ3v) is 2.41. The van der Waals surface area contributed by atoms with E-state index in [9.17, 15) is 0 Å². The first-order valence-electron chi connectivity index (χ1n) is 5.00. The van der Waals surface area contributed by atoms with Gasteiger partial charge in [0.15, 0.2) is 5.69 Å². The lowest BCUT2D eigenvalue weighted by molar-refractivity contribution is 0.583. The summed E-state index contributed by atoms with van der Waals surface area (Å²) in [7, 11) is 0. The van der Waals surface area contributed by atoms with E-state index < -0.39 is 0 Å². The van der Waals surface area contributed by atoms with E-state index in [1.807, 2.05) is 12.1 Å². The van der Waals surface area contributed by atoms with Crippen LogP contribution in [0.25, 0.3) is 4.85 Å². The zero-order valence-electron chi connectivity index (χ0n) is 9.39. The average molecular weight is 187 g/mol. The molecule has 0 aliphatic carbocycles. The number of nitrogens with zero attached hydrogens (tertiary/aromatic N) is 1. The summed E-state index contributed by atoms with van der Waals surface area (Å²) in [5, 5.41) is 0. The number of aryl methyl sites for hydroxylation is 1. The minimum Gasteiger partial charge on any atom is -0.238 e. The second kappa shape index (κ2) is 3.84. The Balaban J connectivity index is 3.27. The quantitative estimate of drug-likeness (QED) is 0.583. The van der Waals surface area contributed by atoms with Crippen LogP contribution >= 0.6 is 0 Å². The lowest BCUT2D eigenvalue weighted by atomic mass is 9.83. The molecule has 0 amide bonds. The lowest BCUT2D eigenvalue weighted by Crippen LogP contribution is -2.13. The van der Waals surface area contributed by atoms with Crippen LogP contribution in [0.5, 0.6) is 0 Å². The number of hydrogen-bond donors (Lipinski definition) is 0. The Kier molecular flexibility index (Phi) is 2.96. The molecule has 0 unspecified atom stereocenters. The summed E-state index contributed by atoms with van der Waals surface area (Å²) in [6, 6.07) is 6.01. The van der Waals surface area contributed by atoms with Crippen LogP contribution in [0.1, 0.15) is 38.8 Å². The average Bonchev–Trinajstić information content (AvgIpc) is 2.15. The molecule has 0 fully saturated rings. The fraction of sp³-hybridized carbons (Fsp3) is 0.462. The molecule has 74 valence electrons. The van der Waals surface area contributed by atoms with Crippen LogP contribution < -0.4 is 0 Å². The molecule has 0 radical (unpaired) electrons. The Labute approximate surface area is 86.6 Å². The first-order valence-corrected chi connectivity index (χ1v) is 5.00. The van der Waals surface area contributed by atoms with Gasteiger partial charge < -0.3 is 0 Å². The van der Waals surface area contributed by atoms with Crippen LogP contribution in [0.4, 0.5) is 5.69 Å². The second-order valence-electron chi connectivity index (χ2n) is 4.56. The topological polar surface area (TPSA) is 4.36 Å². The highest BCUT2D eigenvalue weighted by atomic mass is 14.6. The van der Waals surface area contributed by atoms with Gasteiger partial charge in [0.05, 0.1) is 6.57 Å². The highest BCUT2D eigenvalue weighted by Gasteiger charge is 2.16. The van der Waals surface area contributed by atoms with Crippen LogP contribution in [-0.4, -0.2) is 0 Å². The van der Waals surface area contributed by atoms with Crippen molar-refractivity contribution in [2.75, 3.05) is 0 Å². The van der Waals surface area contributed by atoms with Crippen molar-refractivity contribution in [3.05, 3.63) is 40.7 Å². The number of benzene rings is 1. The van der Waals surface area contributed by atoms with Crippen molar-refractivity contribution in [2.45, 2.75) is 39.5 Å². The molecule has 0 N–H and O–H groups in total. The summed E-state index contributed by atoms with van der Waals surface area (Å²) in [6.07, 6.45) is 0.996. The predicted octanol–water partition coefficient (Wildman–Crippen LogP) is 4.10. The summed E-state index contributed by atoms with van der Waals surface area (Å²) >= 11 is 0. The third kappa shape index (κ3) is 2.14. The molecule has 0 heterocycles. The van der Waals surface area contributed by atoms with E-state index in [0.717, 1.165) is 12.1 Å². The summed E-state index contributed by atoms with van der Waals surface area (Å²) < 4.78 is 0. The largest absolute Gasteiger partial charge is 0.238 e. The second-order valence-corrected chi connectivity index (χ2v) is 4.56. The molecule has 0 saturated heterocycles. The molecule has 1 heteroatoms. The SMILES string of the molecule is [C-]#[N+]c1ccc(C(C)(C)C)c(CC)c1. The maximum absolute atomic E-state index is 6.97. The molecule has 14 heavy (non-hydrogen) atoms. The van der Waals surface area contributed by atoms with E-state index >= 15 is 0 Å². The van der Waals surface area contributed by atoms with Crippen LogP contribution in [0.3, 0.4) is 0 Å². The van der Waals surface area contributed by atoms with E-state index in [0.29, 0.717) is 0 Å². The fourth-order valence-corrected chi connectivity index (χ4v) is 1.67. The monoisotopic (exact) mass is 187 g/mol. The van der Waals surface area contributed by atoms with Gasteiger partial charge in [-0.2, -0.15) is 0 Å². The van der Waals surface area contributed by atoms with Gasteiger partial charge >= 0.3 is 0 Å². The number of hydrogen-bond acceptors (Lipinski definition) is 0. The van der Waals surface area contributed by atoms with Crippen LogP contribution in [-0.2, 0) is 11.8 Å². The van der Waals surface area contributed by atoms with Crippen molar-refractivity contribution >= 4 is 5.69 Å². The Hall–Kier alpha value is -1.29. The van der Waals surface area contributed by atoms with E-state index in [4.69, 9.17) is 6.57 Å². The van der Waals surface area contributed by atoms with Gasteiger partial charge in [-0.1, -0.05) is 51.5 Å². The maximum atomic E-state index is 6.97. The van der Waals surface area contributed by atoms with Gasteiger partial charge in [-0.15, -0.1) is 0 Å². The fourth-order valence-electron chi connectivity index (χ4n) is 1.67. The Morgan fingerprint density at radius 3 is 2.36 bits per heavy atom. The Bertz CT molecular complexity index is 364. The molecule has 1 rings (SSSR count). The van der Waals surface area contributed by atoms with Gasteiger partial charge in [-0.05, 0) is 17.4 Å². The summed E-state index contributed by atoms with van der Waals surface area (Å²) in [4.78, 5) is 3.45. The molecule has 0 aliphatic heterocycles. The minimum absolute atomic E-state index is 0.173. The molecule has 0 aromatic heterocycles. The zero-order valence-corrected chi connectivity index (χ0v) is 9.39. The number of rotatable bonds is 1. The predicted molar refractivity (Wildman–Crippen MR) is 60.8 cm³/mol. The molecule has 0 aliphatic rings.